The zero-order valence-electron chi connectivity index (χ0n) is 8.96. The first-order chi connectivity index (χ1) is 8.74. The molecule has 90 valence electrons. The number of aromatic amines is 1. The van der Waals surface area contributed by atoms with Gasteiger partial charge in [0.15, 0.2) is 5.82 Å². The second-order valence-electron chi connectivity index (χ2n) is 3.50. The zero-order chi connectivity index (χ0) is 12.5. The second-order valence-corrected chi connectivity index (χ2v) is 4.35. The van der Waals surface area contributed by atoms with E-state index < -0.39 is 0 Å². The smallest absolute Gasteiger partial charge is 0.259 e. The summed E-state index contributed by atoms with van der Waals surface area (Å²) in [5, 5.41) is 10.2. The molecule has 0 aliphatic carbocycles. The van der Waals surface area contributed by atoms with E-state index in [4.69, 9.17) is 10.3 Å². The third kappa shape index (κ3) is 1.86. The summed E-state index contributed by atoms with van der Waals surface area (Å²) in [4.78, 5) is 8.17. The summed E-state index contributed by atoms with van der Waals surface area (Å²) in [5.41, 5.74) is 7.08. The van der Waals surface area contributed by atoms with Crippen LogP contribution >= 0.6 is 15.9 Å². The highest BCUT2D eigenvalue weighted by atomic mass is 79.9. The Morgan fingerprint density at radius 3 is 3.00 bits per heavy atom. The lowest BCUT2D eigenvalue weighted by atomic mass is 10.2. The number of nitrogens with zero attached hydrogens (tertiary/aromatic N) is 4. The van der Waals surface area contributed by atoms with Crippen LogP contribution in [0.2, 0.25) is 0 Å². The summed E-state index contributed by atoms with van der Waals surface area (Å²) >= 11 is 3.41. The molecule has 0 saturated heterocycles. The Hall–Kier alpha value is -2.22. The van der Waals surface area contributed by atoms with Gasteiger partial charge in [0, 0.05) is 10.2 Å². The van der Waals surface area contributed by atoms with Gasteiger partial charge < -0.3 is 10.3 Å². The molecule has 18 heavy (non-hydrogen) atoms. The summed E-state index contributed by atoms with van der Waals surface area (Å²) in [7, 11) is 0. The number of rotatable bonds is 2. The molecule has 0 amide bonds. The van der Waals surface area contributed by atoms with Crippen LogP contribution in [0.3, 0.4) is 0 Å². The van der Waals surface area contributed by atoms with Gasteiger partial charge in [0.2, 0.25) is 5.82 Å². The van der Waals surface area contributed by atoms with Gasteiger partial charge in [-0.2, -0.15) is 10.1 Å². The van der Waals surface area contributed by atoms with E-state index in [-0.39, 0.29) is 0 Å². The standard InChI is InChI=1S/C10H7BrN6O/c11-7-2-1-5(12)3-6(7)10-15-9(17-18-10)8-13-4-14-16-8/h1-4H,12H2,(H,13,14,16). The average Bonchev–Trinajstić information content (AvgIpc) is 3.00. The van der Waals surface area contributed by atoms with Gasteiger partial charge in [-0.1, -0.05) is 5.16 Å². The summed E-state index contributed by atoms with van der Waals surface area (Å²) < 4.78 is 6.00. The third-order valence-corrected chi connectivity index (χ3v) is 2.97. The summed E-state index contributed by atoms with van der Waals surface area (Å²) in [5.74, 6) is 1.16. The highest BCUT2D eigenvalue weighted by Gasteiger charge is 2.14. The molecule has 0 fully saturated rings. The van der Waals surface area contributed by atoms with Crippen molar-refractivity contribution in [1.82, 2.24) is 25.3 Å². The number of hydrogen-bond acceptors (Lipinski definition) is 6. The van der Waals surface area contributed by atoms with E-state index in [1.54, 1.807) is 12.1 Å². The lowest BCUT2D eigenvalue weighted by molar-refractivity contribution is 0.431. The van der Waals surface area contributed by atoms with E-state index in [9.17, 15) is 0 Å². The number of hydrogen-bond donors (Lipinski definition) is 2. The number of benzene rings is 1. The van der Waals surface area contributed by atoms with Gasteiger partial charge in [0.05, 0.1) is 5.56 Å². The van der Waals surface area contributed by atoms with E-state index in [2.05, 4.69) is 41.3 Å². The molecule has 1 aromatic carbocycles. The molecule has 8 heteroatoms. The number of nitrogens with two attached hydrogens (primary N) is 1. The molecule has 0 atom stereocenters. The first kappa shape index (κ1) is 10.9. The Morgan fingerprint density at radius 1 is 1.33 bits per heavy atom. The quantitative estimate of drug-likeness (QED) is 0.700. The van der Waals surface area contributed by atoms with Gasteiger partial charge in [0.25, 0.3) is 5.89 Å². The highest BCUT2D eigenvalue weighted by Crippen LogP contribution is 2.29. The zero-order valence-corrected chi connectivity index (χ0v) is 10.5. The number of halogens is 1. The monoisotopic (exact) mass is 306 g/mol. The normalized spacial score (nSPS) is 10.7. The van der Waals surface area contributed by atoms with E-state index in [1.807, 2.05) is 6.07 Å². The van der Waals surface area contributed by atoms with Crippen molar-refractivity contribution >= 4 is 21.6 Å². The molecule has 0 bridgehead atoms. The van der Waals surface area contributed by atoms with Crippen LogP contribution in [0.5, 0.6) is 0 Å². The first-order valence-corrected chi connectivity index (χ1v) is 5.78. The Kier molecular flexibility index (Phi) is 2.56. The first-order valence-electron chi connectivity index (χ1n) is 4.99. The number of aromatic nitrogens is 5. The fourth-order valence-corrected chi connectivity index (χ4v) is 1.87. The predicted octanol–water partition coefficient (Wildman–Crippen LogP) is 1.87. The molecule has 0 radical (unpaired) electrons. The maximum atomic E-state index is 5.73. The molecule has 3 N–H and O–H groups in total. The second kappa shape index (κ2) is 4.22. The minimum absolute atomic E-state index is 0.344. The van der Waals surface area contributed by atoms with Gasteiger partial charge >= 0.3 is 0 Å². The van der Waals surface area contributed by atoms with Crippen LogP contribution in [0.1, 0.15) is 0 Å². The lowest BCUT2D eigenvalue weighted by Gasteiger charge is -1.99. The van der Waals surface area contributed by atoms with Crippen LogP contribution in [0.25, 0.3) is 23.1 Å². The predicted molar refractivity (Wildman–Crippen MR) is 67.2 cm³/mol. The van der Waals surface area contributed by atoms with Crippen LogP contribution < -0.4 is 5.73 Å². The maximum absolute atomic E-state index is 5.73. The molecule has 0 spiro atoms. The number of H-pyrrole nitrogens is 1. The van der Waals surface area contributed by atoms with E-state index in [0.717, 1.165) is 10.0 Å². The Labute approximate surface area is 110 Å². The van der Waals surface area contributed by atoms with Gasteiger partial charge in [-0.15, -0.1) is 0 Å². The average molecular weight is 307 g/mol. The van der Waals surface area contributed by atoms with Crippen molar-refractivity contribution in [2.24, 2.45) is 0 Å². The minimum Gasteiger partial charge on any atom is -0.399 e. The fourth-order valence-electron chi connectivity index (χ4n) is 1.45. The van der Waals surface area contributed by atoms with Crippen molar-refractivity contribution < 1.29 is 4.52 Å². The van der Waals surface area contributed by atoms with Crippen molar-refractivity contribution in [3.05, 3.63) is 29.0 Å². The van der Waals surface area contributed by atoms with Crippen molar-refractivity contribution in [2.45, 2.75) is 0 Å². The number of nitrogen functional groups attached to an aromatic ring is 1. The van der Waals surface area contributed by atoms with Crippen LogP contribution in [0, 0.1) is 0 Å². The molecular weight excluding hydrogens is 300 g/mol. The van der Waals surface area contributed by atoms with Crippen molar-refractivity contribution in [3.63, 3.8) is 0 Å². The SMILES string of the molecule is Nc1ccc(Br)c(-c2nc(-c3ncn[nH]3)no2)c1. The van der Waals surface area contributed by atoms with Gasteiger partial charge in [-0.25, -0.2) is 4.98 Å². The molecule has 2 heterocycles. The molecular formula is C10H7BrN6O. The Bertz CT molecular complexity index is 678. The van der Waals surface area contributed by atoms with E-state index >= 15 is 0 Å². The number of anilines is 1. The molecule has 0 saturated carbocycles. The van der Waals surface area contributed by atoms with Gasteiger partial charge in [0.1, 0.15) is 6.33 Å². The molecule has 3 rings (SSSR count). The topological polar surface area (TPSA) is 107 Å². The minimum atomic E-state index is 0.344. The summed E-state index contributed by atoms with van der Waals surface area (Å²) in [6.07, 6.45) is 1.38. The van der Waals surface area contributed by atoms with E-state index in [1.165, 1.54) is 6.33 Å². The fraction of sp³-hybridized carbons (Fsp3) is 0. The number of nitrogens with one attached hydrogen (secondary N) is 1. The Balaban J connectivity index is 2.05. The van der Waals surface area contributed by atoms with Crippen LogP contribution in [0.4, 0.5) is 5.69 Å². The third-order valence-electron chi connectivity index (χ3n) is 2.27. The Morgan fingerprint density at radius 2 is 2.22 bits per heavy atom. The maximum Gasteiger partial charge on any atom is 0.259 e. The molecule has 0 unspecified atom stereocenters. The van der Waals surface area contributed by atoms with Gasteiger partial charge in [-0.3, -0.25) is 5.10 Å². The van der Waals surface area contributed by atoms with Crippen LogP contribution in [-0.4, -0.2) is 25.3 Å². The van der Waals surface area contributed by atoms with Gasteiger partial charge in [-0.05, 0) is 34.1 Å². The summed E-state index contributed by atoms with van der Waals surface area (Å²) in [6, 6.07) is 5.35. The summed E-state index contributed by atoms with van der Waals surface area (Å²) in [6.45, 7) is 0. The van der Waals surface area contributed by atoms with Crippen molar-refractivity contribution in [3.8, 4) is 23.1 Å². The van der Waals surface area contributed by atoms with E-state index in [0.29, 0.717) is 23.2 Å². The van der Waals surface area contributed by atoms with Crippen LogP contribution in [-0.2, 0) is 0 Å². The molecule has 0 aliphatic heterocycles. The molecule has 2 aromatic heterocycles. The largest absolute Gasteiger partial charge is 0.399 e. The lowest BCUT2D eigenvalue weighted by Crippen LogP contribution is -1.87. The van der Waals surface area contributed by atoms with Crippen LogP contribution in [0.15, 0.2) is 33.5 Å². The van der Waals surface area contributed by atoms with Crippen molar-refractivity contribution in [1.29, 1.82) is 0 Å². The molecule has 0 aliphatic rings. The molecule has 7 nitrogen and oxygen atoms in total. The molecule has 3 aromatic rings. The highest BCUT2D eigenvalue weighted by molar-refractivity contribution is 9.10. The van der Waals surface area contributed by atoms with Crippen molar-refractivity contribution in [2.75, 3.05) is 5.73 Å².